The fraction of sp³-hybridized carbons (Fsp3) is 0.158. The maximum absolute atomic E-state index is 12.2. The maximum atomic E-state index is 12.2. The molecule has 7 heteroatoms. The molecule has 0 unspecified atom stereocenters. The monoisotopic (exact) mass is 346 g/mol. The smallest absolute Gasteiger partial charge is 0.251 e. The zero-order chi connectivity index (χ0) is 17.9. The van der Waals surface area contributed by atoms with Crippen LogP contribution in [0.15, 0.2) is 48.8 Å². The van der Waals surface area contributed by atoms with Gasteiger partial charge in [-0.2, -0.15) is 10.2 Å². The summed E-state index contributed by atoms with van der Waals surface area (Å²) >= 11 is 0. The zero-order valence-corrected chi connectivity index (χ0v) is 14.3. The summed E-state index contributed by atoms with van der Waals surface area (Å²) in [6.07, 6.45) is 2.45. The Balaban J connectivity index is 1.75. The summed E-state index contributed by atoms with van der Waals surface area (Å²) in [6, 6.07) is 13.4. The molecular formula is C19H18N6O. The van der Waals surface area contributed by atoms with Crippen LogP contribution in [0.5, 0.6) is 0 Å². The van der Waals surface area contributed by atoms with Gasteiger partial charge in [-0.1, -0.05) is 19.1 Å². The largest absolute Gasteiger partial charge is 0.352 e. The van der Waals surface area contributed by atoms with Crippen LogP contribution in [0.2, 0.25) is 0 Å². The second-order valence-corrected chi connectivity index (χ2v) is 5.99. The number of fused-ring (bicyclic) bond motifs is 1. The Morgan fingerprint density at radius 1 is 1.12 bits per heavy atom. The van der Waals surface area contributed by atoms with E-state index in [1.165, 1.54) is 0 Å². The lowest BCUT2D eigenvalue weighted by atomic mass is 10.0. The number of aromatic nitrogens is 5. The lowest BCUT2D eigenvalue weighted by molar-refractivity contribution is 0.0953. The molecular weight excluding hydrogens is 328 g/mol. The van der Waals surface area contributed by atoms with E-state index in [-0.39, 0.29) is 5.91 Å². The number of hydrogen-bond donors (Lipinski definition) is 3. The fourth-order valence-electron chi connectivity index (χ4n) is 2.87. The van der Waals surface area contributed by atoms with Gasteiger partial charge in [-0.15, -0.1) is 0 Å². The SMILES string of the molecule is CCCNC(=O)c1cccc(-c2n[nH]c3ccc(-c4nc[nH]n4)cc23)c1. The van der Waals surface area contributed by atoms with E-state index in [0.29, 0.717) is 17.9 Å². The van der Waals surface area contributed by atoms with Crippen molar-refractivity contribution in [3.8, 4) is 22.6 Å². The molecule has 0 fully saturated rings. The van der Waals surface area contributed by atoms with Gasteiger partial charge in [0.1, 0.15) is 6.33 Å². The molecule has 1 amide bonds. The average molecular weight is 346 g/mol. The third-order valence-corrected chi connectivity index (χ3v) is 4.17. The molecule has 0 saturated carbocycles. The molecule has 4 aromatic rings. The third kappa shape index (κ3) is 2.95. The average Bonchev–Trinajstić information content (AvgIpc) is 3.35. The minimum atomic E-state index is -0.0741. The highest BCUT2D eigenvalue weighted by Gasteiger charge is 2.13. The Labute approximate surface area is 149 Å². The minimum Gasteiger partial charge on any atom is -0.352 e. The summed E-state index contributed by atoms with van der Waals surface area (Å²) in [5, 5.41) is 18.2. The van der Waals surface area contributed by atoms with Crippen molar-refractivity contribution in [1.29, 1.82) is 0 Å². The first-order chi connectivity index (χ1) is 12.8. The number of carbonyl (C=O) groups is 1. The van der Waals surface area contributed by atoms with Crippen molar-refractivity contribution in [2.45, 2.75) is 13.3 Å². The van der Waals surface area contributed by atoms with Gasteiger partial charge in [0.15, 0.2) is 5.82 Å². The van der Waals surface area contributed by atoms with Gasteiger partial charge >= 0.3 is 0 Å². The third-order valence-electron chi connectivity index (χ3n) is 4.17. The van der Waals surface area contributed by atoms with Crippen molar-refractivity contribution < 1.29 is 4.79 Å². The number of rotatable bonds is 5. The van der Waals surface area contributed by atoms with Gasteiger partial charge in [0.2, 0.25) is 0 Å². The van der Waals surface area contributed by atoms with Gasteiger partial charge in [-0.05, 0) is 36.8 Å². The number of H-pyrrole nitrogens is 2. The van der Waals surface area contributed by atoms with E-state index >= 15 is 0 Å². The molecule has 0 saturated heterocycles. The highest BCUT2D eigenvalue weighted by Crippen LogP contribution is 2.29. The number of benzene rings is 2. The van der Waals surface area contributed by atoms with Crippen LogP contribution < -0.4 is 5.32 Å². The molecule has 26 heavy (non-hydrogen) atoms. The number of aromatic amines is 2. The van der Waals surface area contributed by atoms with Crippen LogP contribution >= 0.6 is 0 Å². The molecule has 4 rings (SSSR count). The molecule has 7 nitrogen and oxygen atoms in total. The summed E-state index contributed by atoms with van der Waals surface area (Å²) in [5.41, 5.74) is 4.12. The van der Waals surface area contributed by atoms with Gasteiger partial charge < -0.3 is 5.32 Å². The first kappa shape index (κ1) is 16.0. The van der Waals surface area contributed by atoms with E-state index in [0.717, 1.165) is 34.1 Å². The number of nitrogens with one attached hydrogen (secondary N) is 3. The number of hydrogen-bond acceptors (Lipinski definition) is 4. The normalized spacial score (nSPS) is 11.0. The maximum Gasteiger partial charge on any atom is 0.251 e. The second kappa shape index (κ2) is 6.79. The Bertz CT molecular complexity index is 1050. The van der Waals surface area contributed by atoms with Gasteiger partial charge in [0.25, 0.3) is 5.91 Å². The molecule has 0 radical (unpaired) electrons. The molecule has 0 aliphatic carbocycles. The first-order valence-corrected chi connectivity index (χ1v) is 8.49. The molecule has 0 aliphatic rings. The van der Waals surface area contributed by atoms with E-state index in [2.05, 4.69) is 30.7 Å². The van der Waals surface area contributed by atoms with Crippen LogP contribution in [0.3, 0.4) is 0 Å². The number of carbonyl (C=O) groups excluding carboxylic acids is 1. The van der Waals surface area contributed by atoms with E-state index in [1.807, 2.05) is 49.4 Å². The van der Waals surface area contributed by atoms with Crippen molar-refractivity contribution >= 4 is 16.8 Å². The van der Waals surface area contributed by atoms with Crippen molar-refractivity contribution in [3.05, 3.63) is 54.4 Å². The van der Waals surface area contributed by atoms with Gasteiger partial charge in [-0.3, -0.25) is 15.0 Å². The number of nitrogens with zero attached hydrogens (tertiary/aromatic N) is 3. The van der Waals surface area contributed by atoms with E-state index in [4.69, 9.17) is 0 Å². The van der Waals surface area contributed by atoms with Crippen molar-refractivity contribution in [1.82, 2.24) is 30.7 Å². The van der Waals surface area contributed by atoms with Crippen LogP contribution in [-0.2, 0) is 0 Å². The Morgan fingerprint density at radius 2 is 2.04 bits per heavy atom. The lowest BCUT2D eigenvalue weighted by Crippen LogP contribution is -2.23. The Kier molecular flexibility index (Phi) is 4.18. The molecule has 0 spiro atoms. The predicted octanol–water partition coefficient (Wildman–Crippen LogP) is 3.15. The van der Waals surface area contributed by atoms with E-state index < -0.39 is 0 Å². The molecule has 2 aromatic heterocycles. The standard InChI is InChI=1S/C19H18N6O/c1-2-8-20-19(26)14-5-3-4-12(9-14)17-15-10-13(18-21-11-22-25-18)6-7-16(15)23-24-17/h3-7,9-11H,2,8H2,1H3,(H,20,26)(H,23,24)(H,21,22,25). The van der Waals surface area contributed by atoms with E-state index in [9.17, 15) is 4.79 Å². The van der Waals surface area contributed by atoms with Crippen LogP contribution in [0, 0.1) is 0 Å². The lowest BCUT2D eigenvalue weighted by Gasteiger charge is -2.05. The highest BCUT2D eigenvalue weighted by atomic mass is 16.1. The van der Waals surface area contributed by atoms with Crippen molar-refractivity contribution in [2.75, 3.05) is 6.54 Å². The highest BCUT2D eigenvalue weighted by molar-refractivity contribution is 5.98. The molecule has 0 bridgehead atoms. The molecule has 0 atom stereocenters. The summed E-state index contributed by atoms with van der Waals surface area (Å²) in [4.78, 5) is 16.4. The molecule has 2 heterocycles. The van der Waals surface area contributed by atoms with Crippen LogP contribution in [0.25, 0.3) is 33.5 Å². The van der Waals surface area contributed by atoms with Gasteiger partial charge in [0, 0.05) is 28.6 Å². The number of amides is 1. The summed E-state index contributed by atoms with van der Waals surface area (Å²) in [7, 11) is 0. The second-order valence-electron chi connectivity index (χ2n) is 5.99. The Hall–Kier alpha value is -3.48. The summed E-state index contributed by atoms with van der Waals surface area (Å²) in [6.45, 7) is 2.69. The molecule has 3 N–H and O–H groups in total. The predicted molar refractivity (Wildman–Crippen MR) is 99.5 cm³/mol. The molecule has 2 aromatic carbocycles. The van der Waals surface area contributed by atoms with Crippen molar-refractivity contribution in [3.63, 3.8) is 0 Å². The fourth-order valence-corrected chi connectivity index (χ4v) is 2.87. The first-order valence-electron chi connectivity index (χ1n) is 8.49. The van der Waals surface area contributed by atoms with Gasteiger partial charge in [0.05, 0.1) is 11.2 Å². The van der Waals surface area contributed by atoms with Crippen LogP contribution in [0.4, 0.5) is 0 Å². The Morgan fingerprint density at radius 3 is 2.85 bits per heavy atom. The van der Waals surface area contributed by atoms with Crippen molar-refractivity contribution in [2.24, 2.45) is 0 Å². The van der Waals surface area contributed by atoms with Gasteiger partial charge in [-0.25, -0.2) is 4.98 Å². The van der Waals surface area contributed by atoms with Crippen LogP contribution in [0.1, 0.15) is 23.7 Å². The minimum absolute atomic E-state index is 0.0741. The molecule has 0 aliphatic heterocycles. The topological polar surface area (TPSA) is 99.4 Å². The van der Waals surface area contributed by atoms with E-state index in [1.54, 1.807) is 6.33 Å². The quantitative estimate of drug-likeness (QED) is 0.517. The zero-order valence-electron chi connectivity index (χ0n) is 14.3. The van der Waals surface area contributed by atoms with Crippen LogP contribution in [-0.4, -0.2) is 37.8 Å². The summed E-state index contributed by atoms with van der Waals surface area (Å²) in [5.74, 6) is 0.557. The molecule has 130 valence electrons. The summed E-state index contributed by atoms with van der Waals surface area (Å²) < 4.78 is 0.